The van der Waals surface area contributed by atoms with Crippen molar-refractivity contribution in [3.8, 4) is 23.3 Å². The van der Waals surface area contributed by atoms with Crippen LogP contribution in [-0.4, -0.2) is 65.3 Å². The average Bonchev–Trinajstić information content (AvgIpc) is 3.36. The van der Waals surface area contributed by atoms with E-state index in [2.05, 4.69) is 84.9 Å². The summed E-state index contributed by atoms with van der Waals surface area (Å²) in [5, 5.41) is 45.5. The number of nitrogens with two attached hydrogens (primary N) is 1. The number of aliphatic hydroxyl groups is 2. The zero-order valence-corrected chi connectivity index (χ0v) is 39.4. The lowest BCUT2D eigenvalue weighted by atomic mass is 9.57. The van der Waals surface area contributed by atoms with E-state index in [9.17, 15) is 24.9 Å². The monoisotopic (exact) mass is 896 g/mol. The molecule has 7 N–H and O–H groups in total. The van der Waals surface area contributed by atoms with Crippen molar-refractivity contribution < 1.29 is 29.6 Å². The van der Waals surface area contributed by atoms with Crippen LogP contribution >= 0.6 is 0 Å². The van der Waals surface area contributed by atoms with Gasteiger partial charge >= 0.3 is 0 Å². The molecule has 9 heteroatoms. The van der Waals surface area contributed by atoms with Crippen LogP contribution < -0.4 is 21.1 Å². The third kappa shape index (κ3) is 9.58. The van der Waals surface area contributed by atoms with Gasteiger partial charge in [-0.1, -0.05) is 80.6 Å². The number of Topliss-reactive ketones (excluding diaryl/α,β-unsaturated/α-hetero) is 2. The maximum atomic E-state index is 14.6. The topological polar surface area (TPSA) is 154 Å². The Kier molecular flexibility index (Phi) is 14.0. The lowest BCUT2D eigenvalue weighted by Gasteiger charge is -2.51. The highest BCUT2D eigenvalue weighted by Crippen LogP contribution is 2.52. The maximum absolute atomic E-state index is 14.6. The number of dihydropyridines is 1. The van der Waals surface area contributed by atoms with Crippen LogP contribution in [0.5, 0.6) is 11.5 Å². The molecule has 0 bridgehead atoms. The second kappa shape index (κ2) is 19.9. The fourth-order valence-corrected chi connectivity index (χ4v) is 13.6. The molecule has 0 radical (unpaired) electrons. The summed E-state index contributed by atoms with van der Waals surface area (Å²) in [7, 11) is 1.54. The molecule has 4 fully saturated rings. The number of carbonyl (C=O) groups is 2. The van der Waals surface area contributed by atoms with Crippen molar-refractivity contribution in [1.82, 2.24) is 10.6 Å². The average molecular weight is 896 g/mol. The van der Waals surface area contributed by atoms with Gasteiger partial charge in [0, 0.05) is 43.7 Å². The predicted octanol–water partition coefficient (Wildman–Crippen LogP) is 8.98. The highest BCUT2D eigenvalue weighted by atomic mass is 16.5. The first kappa shape index (κ1) is 46.5. The summed E-state index contributed by atoms with van der Waals surface area (Å²) in [5.74, 6) is 11.0. The lowest BCUT2D eigenvalue weighted by Crippen LogP contribution is -2.55. The van der Waals surface area contributed by atoms with Gasteiger partial charge in [-0.15, -0.1) is 0 Å². The van der Waals surface area contributed by atoms with Gasteiger partial charge < -0.3 is 36.4 Å². The number of carbonyl (C=O) groups excluding carboxylic acids is 2. The minimum Gasteiger partial charge on any atom is -0.504 e. The second-order valence-corrected chi connectivity index (χ2v) is 21.5. The first-order valence-electron chi connectivity index (χ1n) is 25.4. The number of hydrogen-bond donors (Lipinski definition) is 6. The molecule has 12 atom stereocenters. The Morgan fingerprint density at radius 2 is 1.73 bits per heavy atom. The molecule has 3 aromatic carbocycles. The van der Waals surface area contributed by atoms with Crippen LogP contribution in [-0.2, 0) is 16.0 Å². The number of nitrogens with one attached hydrogen (secondary N) is 2. The minimum atomic E-state index is -1.16. The van der Waals surface area contributed by atoms with Crippen LogP contribution in [0.25, 0.3) is 10.8 Å². The smallest absolute Gasteiger partial charge is 0.160 e. The summed E-state index contributed by atoms with van der Waals surface area (Å²) in [5.41, 5.74) is 9.26. The van der Waals surface area contributed by atoms with Crippen LogP contribution in [0.1, 0.15) is 132 Å². The summed E-state index contributed by atoms with van der Waals surface area (Å²) in [6, 6.07) is 19.0. The number of piperidine rings is 1. The van der Waals surface area contributed by atoms with E-state index in [1.165, 1.54) is 18.9 Å². The Balaban J connectivity index is 0.986. The minimum absolute atomic E-state index is 0.00717. The number of phenols is 1. The van der Waals surface area contributed by atoms with E-state index in [-0.39, 0.29) is 29.8 Å². The number of aromatic hydroxyl groups is 1. The number of allylic oxidation sites excluding steroid dienone is 2. The van der Waals surface area contributed by atoms with Crippen molar-refractivity contribution in [2.75, 3.05) is 20.2 Å². The molecule has 3 aromatic rings. The standard InChI is InChI=1S/C57H73N3O6/c1-34(2)8-15-47(56(42-22-25-59-55(58)30-42)41-10-9-35-6-4-5-7-37(35)26-41)50(62)18-12-36-20-23-57(53(64)19-13-40-28-52(66-3)51(63)32-48(36)40)24-21-39(29-54(57)65)38-11-16-45-43(27-38)33-60-49-31-44(61)14-17-46(45)49/h4-7,9-10,22,26,28,30,32,34,36,38-39,43,45-47,49-50,54,56,59-60,62-63,65H,8,11-19,21,24-25,27,29,31,33,58H2,1-3H3. The fourth-order valence-electron chi connectivity index (χ4n) is 13.6. The van der Waals surface area contributed by atoms with Crippen molar-refractivity contribution in [3.63, 3.8) is 0 Å². The summed E-state index contributed by atoms with van der Waals surface area (Å²) in [6.07, 6.45) is 13.9. The molecule has 9 rings (SSSR count). The van der Waals surface area contributed by atoms with Crippen LogP contribution in [0.4, 0.5) is 0 Å². The van der Waals surface area contributed by atoms with Gasteiger partial charge in [-0.05, 0) is 170 Å². The van der Waals surface area contributed by atoms with Gasteiger partial charge in [-0.25, -0.2) is 0 Å². The van der Waals surface area contributed by atoms with Gasteiger partial charge in [0.2, 0.25) is 0 Å². The summed E-state index contributed by atoms with van der Waals surface area (Å²) in [4.78, 5) is 26.8. The number of aliphatic hydroxyl groups excluding tert-OH is 2. The Labute approximate surface area is 392 Å². The van der Waals surface area contributed by atoms with Gasteiger partial charge in [-0.3, -0.25) is 9.59 Å². The molecule has 66 heavy (non-hydrogen) atoms. The number of ketones is 2. The zero-order chi connectivity index (χ0) is 46.1. The van der Waals surface area contributed by atoms with E-state index in [0.29, 0.717) is 104 Å². The lowest BCUT2D eigenvalue weighted by molar-refractivity contribution is -0.135. The number of hydrogen-bond acceptors (Lipinski definition) is 9. The molecular formula is C57H73N3O6. The van der Waals surface area contributed by atoms with Crippen LogP contribution in [0, 0.1) is 58.7 Å². The van der Waals surface area contributed by atoms with Crippen molar-refractivity contribution in [2.24, 2.45) is 52.6 Å². The number of methoxy groups -OCH3 is 1. The summed E-state index contributed by atoms with van der Waals surface area (Å²) in [6.45, 7) is 6.05. The van der Waals surface area contributed by atoms with Crippen molar-refractivity contribution >= 4 is 22.3 Å². The third-order valence-electron chi connectivity index (χ3n) is 17.3. The molecule has 2 heterocycles. The Morgan fingerprint density at radius 3 is 2.52 bits per heavy atom. The van der Waals surface area contributed by atoms with E-state index in [1.807, 2.05) is 12.1 Å². The molecule has 4 aliphatic carbocycles. The van der Waals surface area contributed by atoms with Gasteiger partial charge in [0.15, 0.2) is 17.3 Å². The molecular weight excluding hydrogens is 823 g/mol. The predicted molar refractivity (Wildman–Crippen MR) is 261 cm³/mol. The van der Waals surface area contributed by atoms with Gasteiger partial charge in [0.1, 0.15) is 11.2 Å². The number of benzene rings is 3. The van der Waals surface area contributed by atoms with Crippen LogP contribution in [0.15, 0.2) is 78.1 Å². The molecule has 3 saturated carbocycles. The normalized spacial score (nSPS) is 31.3. The van der Waals surface area contributed by atoms with Crippen molar-refractivity contribution in [3.05, 3.63) is 94.8 Å². The van der Waals surface area contributed by atoms with Crippen molar-refractivity contribution in [2.45, 2.75) is 140 Å². The van der Waals surface area contributed by atoms with Gasteiger partial charge in [0.05, 0.1) is 25.1 Å². The Morgan fingerprint density at radius 1 is 0.909 bits per heavy atom. The molecule has 1 saturated heterocycles. The third-order valence-corrected chi connectivity index (χ3v) is 17.3. The molecule has 1 spiro atoms. The number of ether oxygens (including phenoxy) is 1. The molecule has 6 aliphatic rings. The molecule has 2 aliphatic heterocycles. The van der Waals surface area contributed by atoms with E-state index < -0.39 is 23.5 Å². The molecule has 12 unspecified atom stereocenters. The SMILES string of the molecule is COc1cc2c(cc1O)C(CCC(O)C(CCC(C)C)C(C1=CCNC(N)=C1)c1ccc3ccccc3c1)C#CC1(CCC(C3CCC4C(CNC5CC(=O)CCC54)C3)CC1O)C(=O)CC2. The highest BCUT2D eigenvalue weighted by molar-refractivity contribution is 5.89. The first-order valence-corrected chi connectivity index (χ1v) is 25.4. The van der Waals surface area contributed by atoms with E-state index in [0.717, 1.165) is 79.1 Å². The quantitative estimate of drug-likeness (QED) is 0.0979. The largest absolute Gasteiger partial charge is 0.504 e. The molecule has 0 amide bonds. The number of rotatable bonds is 12. The Hall–Kier alpha value is -4.62. The number of phenolic OH excluding ortho intramolecular Hbond substituents is 1. The maximum Gasteiger partial charge on any atom is 0.160 e. The summed E-state index contributed by atoms with van der Waals surface area (Å²) < 4.78 is 5.58. The Bertz CT molecular complexity index is 2400. The molecule has 352 valence electrons. The number of aryl methyl sites for hydroxylation is 1. The van der Waals surface area contributed by atoms with E-state index >= 15 is 0 Å². The van der Waals surface area contributed by atoms with Crippen LogP contribution in [0.2, 0.25) is 0 Å². The van der Waals surface area contributed by atoms with E-state index in [1.54, 1.807) is 6.07 Å². The first-order chi connectivity index (χ1) is 31.9. The zero-order valence-electron chi connectivity index (χ0n) is 39.4. The molecule has 0 aromatic heterocycles. The van der Waals surface area contributed by atoms with Crippen molar-refractivity contribution in [1.29, 1.82) is 0 Å². The fraction of sp³-hybridized carbons (Fsp3) is 0.579. The van der Waals surface area contributed by atoms with Gasteiger partial charge in [0.25, 0.3) is 0 Å². The second-order valence-electron chi connectivity index (χ2n) is 21.5. The summed E-state index contributed by atoms with van der Waals surface area (Å²) >= 11 is 0. The van der Waals surface area contributed by atoms with Crippen LogP contribution in [0.3, 0.4) is 0 Å². The molecule has 9 nitrogen and oxygen atoms in total. The van der Waals surface area contributed by atoms with E-state index in [4.69, 9.17) is 10.5 Å². The highest BCUT2D eigenvalue weighted by Gasteiger charge is 2.51. The number of fused-ring (bicyclic) bond motifs is 5. The van der Waals surface area contributed by atoms with Gasteiger partial charge in [-0.2, -0.15) is 0 Å².